The van der Waals surface area contributed by atoms with Crippen LogP contribution in [0.25, 0.3) is 0 Å². The lowest BCUT2D eigenvalue weighted by Crippen LogP contribution is -2.18. The fourth-order valence-electron chi connectivity index (χ4n) is 3.18. The Bertz CT molecular complexity index is 452. The van der Waals surface area contributed by atoms with Crippen LogP contribution in [0.1, 0.15) is 50.0 Å². The molecule has 19 heavy (non-hydrogen) atoms. The van der Waals surface area contributed by atoms with Crippen molar-refractivity contribution in [2.45, 2.75) is 44.4 Å². The van der Waals surface area contributed by atoms with Gasteiger partial charge in [0.15, 0.2) is 11.5 Å². The fraction of sp³-hybridized carbons (Fsp3) is 0.625. The third-order valence-corrected chi connectivity index (χ3v) is 5.20. The van der Waals surface area contributed by atoms with Gasteiger partial charge in [-0.15, -0.1) is 11.6 Å². The average Bonchev–Trinajstić information content (AvgIpc) is 2.74. The summed E-state index contributed by atoms with van der Waals surface area (Å²) in [5.41, 5.74) is 1.39. The number of ether oxygens (including phenoxy) is 2. The van der Waals surface area contributed by atoms with Crippen LogP contribution in [0.15, 0.2) is 18.2 Å². The maximum absolute atomic E-state index is 6.74. The van der Waals surface area contributed by atoms with Crippen LogP contribution in [0.2, 0.25) is 0 Å². The molecule has 0 radical (unpaired) electrons. The summed E-state index contributed by atoms with van der Waals surface area (Å²) in [6.07, 6.45) is 5.96. The van der Waals surface area contributed by atoms with Crippen molar-refractivity contribution in [2.75, 3.05) is 13.2 Å². The van der Waals surface area contributed by atoms with Crippen molar-refractivity contribution in [1.29, 1.82) is 0 Å². The first kappa shape index (κ1) is 13.1. The lowest BCUT2D eigenvalue weighted by Gasteiger charge is -2.30. The van der Waals surface area contributed by atoms with Crippen molar-refractivity contribution in [3.05, 3.63) is 23.8 Å². The van der Waals surface area contributed by atoms with E-state index in [0.29, 0.717) is 0 Å². The third-order valence-electron chi connectivity index (χ3n) is 4.42. The van der Waals surface area contributed by atoms with E-state index in [0.717, 1.165) is 36.7 Å². The van der Waals surface area contributed by atoms with Crippen LogP contribution in [-0.4, -0.2) is 13.2 Å². The van der Waals surface area contributed by atoms with E-state index in [9.17, 15) is 0 Å². The Morgan fingerprint density at radius 2 is 1.74 bits per heavy atom. The lowest BCUT2D eigenvalue weighted by atomic mass is 9.81. The molecule has 1 aliphatic heterocycles. The van der Waals surface area contributed by atoms with Crippen LogP contribution >= 0.6 is 11.6 Å². The number of halogens is 1. The number of rotatable bonds is 2. The minimum Gasteiger partial charge on any atom is -0.490 e. The van der Waals surface area contributed by atoms with E-state index < -0.39 is 0 Å². The molecule has 104 valence electrons. The van der Waals surface area contributed by atoms with Crippen molar-refractivity contribution in [2.24, 2.45) is 5.41 Å². The molecule has 1 atom stereocenters. The van der Waals surface area contributed by atoms with Crippen LogP contribution in [0.4, 0.5) is 0 Å². The molecule has 1 aromatic carbocycles. The van der Waals surface area contributed by atoms with Gasteiger partial charge in [-0.1, -0.05) is 25.8 Å². The highest BCUT2D eigenvalue weighted by molar-refractivity contribution is 6.21. The molecule has 1 fully saturated rings. The summed E-state index contributed by atoms with van der Waals surface area (Å²) in [7, 11) is 0. The summed E-state index contributed by atoms with van der Waals surface area (Å²) in [5, 5.41) is 0.0622. The summed E-state index contributed by atoms with van der Waals surface area (Å²) in [5.74, 6) is 1.70. The normalized spacial score (nSPS) is 22.8. The Hall–Kier alpha value is -0.890. The Kier molecular flexibility index (Phi) is 3.62. The van der Waals surface area contributed by atoms with Gasteiger partial charge in [-0.25, -0.2) is 0 Å². The summed E-state index contributed by atoms with van der Waals surface area (Å²) in [6.45, 7) is 3.76. The molecule has 0 aromatic heterocycles. The molecule has 1 heterocycles. The van der Waals surface area contributed by atoms with Crippen molar-refractivity contribution in [3.8, 4) is 11.5 Å². The maximum atomic E-state index is 6.74. The first-order valence-electron chi connectivity index (χ1n) is 7.23. The van der Waals surface area contributed by atoms with Gasteiger partial charge in [0.25, 0.3) is 0 Å². The molecule has 1 aliphatic carbocycles. The number of alkyl halides is 1. The van der Waals surface area contributed by atoms with Crippen molar-refractivity contribution >= 4 is 11.6 Å². The van der Waals surface area contributed by atoms with Crippen molar-refractivity contribution < 1.29 is 9.47 Å². The maximum Gasteiger partial charge on any atom is 0.161 e. The SMILES string of the molecule is CC1(C(Cl)c2ccc3c(c2)OCCCO3)CCCC1. The van der Waals surface area contributed by atoms with Gasteiger partial charge in [0.2, 0.25) is 0 Å². The van der Waals surface area contributed by atoms with E-state index in [4.69, 9.17) is 21.1 Å². The molecule has 2 aliphatic rings. The van der Waals surface area contributed by atoms with Gasteiger partial charge in [-0.2, -0.15) is 0 Å². The molecule has 0 N–H and O–H groups in total. The number of hydrogen-bond acceptors (Lipinski definition) is 2. The first-order valence-corrected chi connectivity index (χ1v) is 7.66. The topological polar surface area (TPSA) is 18.5 Å². The molecule has 3 heteroatoms. The van der Waals surface area contributed by atoms with Crippen LogP contribution in [0.5, 0.6) is 11.5 Å². The van der Waals surface area contributed by atoms with Crippen molar-refractivity contribution in [3.63, 3.8) is 0 Å². The second kappa shape index (κ2) is 5.24. The summed E-state index contributed by atoms with van der Waals surface area (Å²) in [6, 6.07) is 6.17. The van der Waals surface area contributed by atoms with E-state index in [1.54, 1.807) is 0 Å². The Balaban J connectivity index is 1.87. The second-order valence-corrected chi connectivity index (χ2v) is 6.42. The van der Waals surface area contributed by atoms with Gasteiger partial charge < -0.3 is 9.47 Å². The molecular weight excluding hydrogens is 260 g/mol. The Morgan fingerprint density at radius 3 is 2.47 bits per heavy atom. The van der Waals surface area contributed by atoms with Gasteiger partial charge in [-0.3, -0.25) is 0 Å². The zero-order valence-corrected chi connectivity index (χ0v) is 12.2. The number of fused-ring (bicyclic) bond motifs is 1. The quantitative estimate of drug-likeness (QED) is 0.731. The highest BCUT2D eigenvalue weighted by Gasteiger charge is 2.37. The van der Waals surface area contributed by atoms with Crippen LogP contribution in [-0.2, 0) is 0 Å². The van der Waals surface area contributed by atoms with E-state index in [1.165, 1.54) is 25.7 Å². The van der Waals surface area contributed by atoms with Gasteiger partial charge in [-0.05, 0) is 36.0 Å². The molecule has 3 rings (SSSR count). The number of benzene rings is 1. The fourth-order valence-corrected chi connectivity index (χ4v) is 3.53. The summed E-state index contributed by atoms with van der Waals surface area (Å²) >= 11 is 6.74. The molecule has 1 aromatic rings. The third kappa shape index (κ3) is 2.55. The zero-order valence-electron chi connectivity index (χ0n) is 11.5. The van der Waals surface area contributed by atoms with E-state index in [1.807, 2.05) is 6.07 Å². The predicted molar refractivity (Wildman–Crippen MR) is 77.2 cm³/mol. The minimum atomic E-state index is 0.0622. The standard InChI is InChI=1S/C16H21ClO2/c1-16(7-2-3-8-16)15(17)12-5-6-13-14(11-12)19-10-4-9-18-13/h5-6,11,15H,2-4,7-10H2,1H3. The molecule has 1 saturated carbocycles. The largest absolute Gasteiger partial charge is 0.490 e. The highest BCUT2D eigenvalue weighted by atomic mass is 35.5. The van der Waals surface area contributed by atoms with E-state index >= 15 is 0 Å². The van der Waals surface area contributed by atoms with Crippen LogP contribution < -0.4 is 9.47 Å². The van der Waals surface area contributed by atoms with Gasteiger partial charge in [0.1, 0.15) is 0 Å². The Morgan fingerprint density at radius 1 is 1.05 bits per heavy atom. The van der Waals surface area contributed by atoms with Gasteiger partial charge >= 0.3 is 0 Å². The monoisotopic (exact) mass is 280 g/mol. The second-order valence-electron chi connectivity index (χ2n) is 5.98. The molecule has 0 bridgehead atoms. The first-order chi connectivity index (χ1) is 9.19. The summed E-state index contributed by atoms with van der Waals surface area (Å²) in [4.78, 5) is 0. The molecule has 0 saturated heterocycles. The van der Waals surface area contributed by atoms with Gasteiger partial charge in [0.05, 0.1) is 18.6 Å². The molecule has 2 nitrogen and oxygen atoms in total. The van der Waals surface area contributed by atoms with Crippen LogP contribution in [0.3, 0.4) is 0 Å². The molecular formula is C16H21ClO2. The van der Waals surface area contributed by atoms with Gasteiger partial charge in [0, 0.05) is 6.42 Å². The lowest BCUT2D eigenvalue weighted by molar-refractivity contribution is 0.296. The summed E-state index contributed by atoms with van der Waals surface area (Å²) < 4.78 is 11.4. The van der Waals surface area contributed by atoms with E-state index in [2.05, 4.69) is 19.1 Å². The molecule has 1 unspecified atom stereocenters. The molecule has 0 spiro atoms. The van der Waals surface area contributed by atoms with E-state index in [-0.39, 0.29) is 10.8 Å². The minimum absolute atomic E-state index is 0.0622. The average molecular weight is 281 g/mol. The highest BCUT2D eigenvalue weighted by Crippen LogP contribution is 2.51. The Labute approximate surface area is 120 Å². The van der Waals surface area contributed by atoms with Crippen LogP contribution in [0, 0.1) is 5.41 Å². The zero-order chi connectivity index (χ0) is 13.3. The smallest absolute Gasteiger partial charge is 0.161 e. The number of hydrogen-bond donors (Lipinski definition) is 0. The molecule has 0 amide bonds. The predicted octanol–water partition coefficient (Wildman–Crippen LogP) is 4.71. The van der Waals surface area contributed by atoms with Crippen molar-refractivity contribution in [1.82, 2.24) is 0 Å².